The molecule has 0 fully saturated rings. The van der Waals surface area contributed by atoms with Gasteiger partial charge in [0.2, 0.25) is 0 Å². The molecule has 1 unspecified atom stereocenters. The molecule has 0 aliphatic carbocycles. The van der Waals surface area contributed by atoms with Gasteiger partial charge in [-0.15, -0.1) is 0 Å². The number of aliphatic hydroxyl groups is 1. The molecule has 2 aromatic rings. The Morgan fingerprint density at radius 2 is 1.86 bits per heavy atom. The Hall–Kier alpha value is -3.48. The van der Waals surface area contributed by atoms with Crippen molar-refractivity contribution in [2.24, 2.45) is 0 Å². The van der Waals surface area contributed by atoms with Crippen LogP contribution in [0.25, 0.3) is 0 Å². The molecule has 0 saturated heterocycles. The molecule has 1 atom stereocenters. The lowest BCUT2D eigenvalue weighted by Crippen LogP contribution is -2.31. The first-order valence-corrected chi connectivity index (χ1v) is 9.47. The highest BCUT2D eigenvalue weighted by molar-refractivity contribution is 6.16. The number of benzene rings is 1. The van der Waals surface area contributed by atoms with Crippen LogP contribution in [-0.4, -0.2) is 34.4 Å². The second kappa shape index (κ2) is 8.68. The SMILES string of the molecule is CCCOC(=O)c1ccc(N2C(=O)C(O)=C(C(=O)CC)C2c2ccccn2)cc1. The van der Waals surface area contributed by atoms with Crippen LogP contribution in [0.3, 0.4) is 0 Å². The van der Waals surface area contributed by atoms with E-state index in [1.165, 1.54) is 4.90 Å². The quantitative estimate of drug-likeness (QED) is 0.722. The number of hydrogen-bond acceptors (Lipinski definition) is 6. The number of ether oxygens (including phenoxy) is 1. The van der Waals surface area contributed by atoms with Gasteiger partial charge in [-0.3, -0.25) is 19.5 Å². The molecule has 0 spiro atoms. The summed E-state index contributed by atoms with van der Waals surface area (Å²) in [5, 5.41) is 10.4. The average molecular weight is 394 g/mol. The Morgan fingerprint density at radius 3 is 2.45 bits per heavy atom. The van der Waals surface area contributed by atoms with Crippen molar-refractivity contribution in [2.75, 3.05) is 11.5 Å². The zero-order valence-electron chi connectivity index (χ0n) is 16.3. The summed E-state index contributed by atoms with van der Waals surface area (Å²) in [7, 11) is 0. The van der Waals surface area contributed by atoms with Crippen LogP contribution in [-0.2, 0) is 14.3 Å². The topological polar surface area (TPSA) is 96.8 Å². The largest absolute Gasteiger partial charge is 0.503 e. The smallest absolute Gasteiger partial charge is 0.338 e. The standard InChI is InChI=1S/C22H22N2O5/c1-3-13-29-22(28)14-8-10-15(11-9-14)24-19(16-7-5-6-12-23-16)18(17(25)4-2)20(26)21(24)27/h5-12,19,26H,3-4,13H2,1-2H3. The van der Waals surface area contributed by atoms with Gasteiger partial charge >= 0.3 is 5.97 Å². The van der Waals surface area contributed by atoms with E-state index in [-0.39, 0.29) is 17.8 Å². The fourth-order valence-corrected chi connectivity index (χ4v) is 3.20. The van der Waals surface area contributed by atoms with Crippen molar-refractivity contribution in [3.63, 3.8) is 0 Å². The van der Waals surface area contributed by atoms with Crippen molar-refractivity contribution in [3.8, 4) is 0 Å². The van der Waals surface area contributed by atoms with Gasteiger partial charge in [-0.25, -0.2) is 4.79 Å². The molecular formula is C22H22N2O5. The summed E-state index contributed by atoms with van der Waals surface area (Å²) in [6.45, 7) is 3.90. The summed E-state index contributed by atoms with van der Waals surface area (Å²) in [6.07, 6.45) is 2.43. The minimum Gasteiger partial charge on any atom is -0.503 e. The number of aromatic nitrogens is 1. The van der Waals surface area contributed by atoms with Gasteiger partial charge in [-0.1, -0.05) is 19.9 Å². The number of carbonyl (C=O) groups is 3. The number of anilines is 1. The van der Waals surface area contributed by atoms with E-state index in [1.807, 2.05) is 6.92 Å². The Balaban J connectivity index is 2.00. The summed E-state index contributed by atoms with van der Waals surface area (Å²) >= 11 is 0. The maximum absolute atomic E-state index is 12.8. The van der Waals surface area contributed by atoms with Crippen LogP contribution in [0, 0.1) is 0 Å². The number of pyridine rings is 1. The number of aliphatic hydroxyl groups excluding tert-OH is 1. The third-order valence-corrected chi connectivity index (χ3v) is 4.62. The fourth-order valence-electron chi connectivity index (χ4n) is 3.20. The summed E-state index contributed by atoms with van der Waals surface area (Å²) in [4.78, 5) is 42.9. The Morgan fingerprint density at radius 1 is 1.14 bits per heavy atom. The highest BCUT2D eigenvalue weighted by Crippen LogP contribution is 2.40. The van der Waals surface area contributed by atoms with Gasteiger partial charge in [0.05, 0.1) is 23.4 Å². The molecule has 1 N–H and O–H groups in total. The molecule has 7 heteroatoms. The number of esters is 1. The van der Waals surface area contributed by atoms with E-state index in [2.05, 4.69) is 4.98 Å². The Labute approximate surface area is 168 Å². The van der Waals surface area contributed by atoms with Crippen LogP contribution in [0.15, 0.2) is 60.0 Å². The predicted octanol–water partition coefficient (Wildman–Crippen LogP) is 3.53. The average Bonchev–Trinajstić information content (AvgIpc) is 3.03. The Kier molecular flexibility index (Phi) is 6.07. The zero-order valence-corrected chi connectivity index (χ0v) is 16.3. The van der Waals surface area contributed by atoms with Crippen molar-refractivity contribution < 1.29 is 24.2 Å². The minimum atomic E-state index is -0.839. The Bertz CT molecular complexity index is 951. The van der Waals surface area contributed by atoms with E-state index >= 15 is 0 Å². The monoisotopic (exact) mass is 394 g/mol. The molecule has 1 aromatic carbocycles. The first-order chi connectivity index (χ1) is 14.0. The lowest BCUT2D eigenvalue weighted by Gasteiger charge is -2.26. The first kappa shape index (κ1) is 20.3. The number of rotatable bonds is 7. The van der Waals surface area contributed by atoms with Gasteiger partial charge in [0.15, 0.2) is 11.5 Å². The van der Waals surface area contributed by atoms with E-state index in [4.69, 9.17) is 4.74 Å². The van der Waals surface area contributed by atoms with Gasteiger partial charge in [-0.05, 0) is 42.8 Å². The van der Waals surface area contributed by atoms with E-state index < -0.39 is 23.7 Å². The van der Waals surface area contributed by atoms with Crippen molar-refractivity contribution >= 4 is 23.3 Å². The minimum absolute atomic E-state index is 0.0302. The lowest BCUT2D eigenvalue weighted by molar-refractivity contribution is -0.118. The predicted molar refractivity (Wildman–Crippen MR) is 106 cm³/mol. The zero-order chi connectivity index (χ0) is 21.0. The normalized spacial score (nSPS) is 16.3. The molecule has 3 rings (SSSR count). The molecule has 7 nitrogen and oxygen atoms in total. The van der Waals surface area contributed by atoms with E-state index in [0.29, 0.717) is 23.6 Å². The number of amides is 1. The molecule has 0 saturated carbocycles. The first-order valence-electron chi connectivity index (χ1n) is 9.47. The van der Waals surface area contributed by atoms with Gasteiger partial charge in [-0.2, -0.15) is 0 Å². The number of ketones is 1. The van der Waals surface area contributed by atoms with Crippen LogP contribution >= 0.6 is 0 Å². The third-order valence-electron chi connectivity index (χ3n) is 4.62. The van der Waals surface area contributed by atoms with E-state index in [1.54, 1.807) is 55.6 Å². The van der Waals surface area contributed by atoms with Crippen molar-refractivity contribution in [1.29, 1.82) is 0 Å². The van der Waals surface area contributed by atoms with Gasteiger partial charge in [0, 0.05) is 18.3 Å². The van der Waals surface area contributed by atoms with Crippen LogP contribution < -0.4 is 4.90 Å². The summed E-state index contributed by atoms with van der Waals surface area (Å²) in [6, 6.07) is 10.6. The number of nitrogens with zero attached hydrogens (tertiary/aromatic N) is 2. The summed E-state index contributed by atoms with van der Waals surface area (Å²) in [5.41, 5.74) is 1.28. The van der Waals surface area contributed by atoms with Gasteiger partial charge in [0.25, 0.3) is 5.91 Å². The molecule has 0 bridgehead atoms. The number of Topliss-reactive ketones (excluding diaryl/α,β-unsaturated/α-hetero) is 1. The maximum Gasteiger partial charge on any atom is 0.338 e. The van der Waals surface area contributed by atoms with Crippen LogP contribution in [0.2, 0.25) is 0 Å². The number of hydrogen-bond donors (Lipinski definition) is 1. The molecule has 29 heavy (non-hydrogen) atoms. The molecule has 2 heterocycles. The second-order valence-corrected chi connectivity index (χ2v) is 6.55. The van der Waals surface area contributed by atoms with Crippen molar-refractivity contribution in [2.45, 2.75) is 32.7 Å². The molecule has 1 aliphatic heterocycles. The lowest BCUT2D eigenvalue weighted by atomic mass is 9.98. The molecule has 1 aromatic heterocycles. The molecule has 1 aliphatic rings. The fraction of sp³-hybridized carbons (Fsp3) is 0.273. The van der Waals surface area contributed by atoms with E-state index in [9.17, 15) is 19.5 Å². The molecule has 1 amide bonds. The van der Waals surface area contributed by atoms with Crippen LogP contribution in [0.5, 0.6) is 0 Å². The molecular weight excluding hydrogens is 372 g/mol. The van der Waals surface area contributed by atoms with Crippen LogP contribution in [0.1, 0.15) is 48.8 Å². The van der Waals surface area contributed by atoms with Crippen molar-refractivity contribution in [1.82, 2.24) is 4.98 Å². The van der Waals surface area contributed by atoms with Gasteiger partial charge < -0.3 is 9.84 Å². The summed E-state index contributed by atoms with van der Waals surface area (Å²) in [5.74, 6) is -2.03. The second-order valence-electron chi connectivity index (χ2n) is 6.55. The third kappa shape index (κ3) is 3.89. The van der Waals surface area contributed by atoms with Gasteiger partial charge in [0.1, 0.15) is 6.04 Å². The van der Waals surface area contributed by atoms with Crippen LogP contribution in [0.4, 0.5) is 5.69 Å². The summed E-state index contributed by atoms with van der Waals surface area (Å²) < 4.78 is 5.11. The highest BCUT2D eigenvalue weighted by Gasteiger charge is 2.44. The van der Waals surface area contributed by atoms with Crippen molar-refractivity contribution in [3.05, 3.63) is 71.3 Å². The molecule has 0 radical (unpaired) electrons. The molecule has 150 valence electrons. The highest BCUT2D eigenvalue weighted by atomic mass is 16.5. The maximum atomic E-state index is 12.8. The number of carbonyl (C=O) groups excluding carboxylic acids is 3. The van der Waals surface area contributed by atoms with E-state index in [0.717, 1.165) is 6.42 Å².